The molecule has 0 aliphatic heterocycles. The molecule has 12 nitrogen and oxygen atoms in total. The van der Waals surface area contributed by atoms with E-state index < -0.39 is 31.8 Å². The summed E-state index contributed by atoms with van der Waals surface area (Å²) in [6, 6.07) is 0. The summed E-state index contributed by atoms with van der Waals surface area (Å²) in [5, 5.41) is 19.6. The Kier molecular flexibility index (Phi) is 12.1. The van der Waals surface area contributed by atoms with Crippen LogP contribution in [0.2, 0.25) is 0 Å². The summed E-state index contributed by atoms with van der Waals surface area (Å²) in [5.74, 6) is 0. The molecule has 0 spiro atoms. The van der Waals surface area contributed by atoms with Gasteiger partial charge in [0, 0.05) is 6.42 Å². The normalized spacial score (nSPS) is 11.9. The summed E-state index contributed by atoms with van der Waals surface area (Å²) in [4.78, 5) is 42.9. The number of hydrogen-bond acceptors (Lipinski definition) is 6. The molecule has 0 radical (unpaired) electrons. The fourth-order valence-electron chi connectivity index (χ4n) is 0.800. The van der Waals surface area contributed by atoms with Gasteiger partial charge in [-0.3, -0.25) is 9.13 Å². The van der Waals surface area contributed by atoms with E-state index in [1.54, 1.807) is 0 Å². The third-order valence-electron chi connectivity index (χ3n) is 1.65. The van der Waals surface area contributed by atoms with Gasteiger partial charge in [-0.1, -0.05) is 0 Å². The minimum atomic E-state index is -5.30. The van der Waals surface area contributed by atoms with Crippen LogP contribution < -0.4 is 5.73 Å². The molecule has 0 aliphatic rings. The van der Waals surface area contributed by atoms with E-state index in [0.717, 1.165) is 0 Å². The maximum atomic E-state index is 10.7. The second-order valence-corrected chi connectivity index (χ2v) is 7.00. The van der Waals surface area contributed by atoms with Crippen molar-refractivity contribution in [1.29, 1.82) is 0 Å². The van der Waals surface area contributed by atoms with E-state index in [0.29, 0.717) is 0 Å². The second-order valence-electron chi connectivity index (χ2n) is 2.99. The van der Waals surface area contributed by atoms with E-state index in [-0.39, 0.29) is 42.5 Å². The van der Waals surface area contributed by atoms with Crippen molar-refractivity contribution in [1.82, 2.24) is 0 Å². The van der Waals surface area contributed by atoms with Crippen molar-refractivity contribution in [3.8, 4) is 0 Å². The zero-order valence-corrected chi connectivity index (χ0v) is 10.6. The third kappa shape index (κ3) is 9.05. The molecule has 0 aromatic carbocycles. The molecule has 0 saturated carbocycles. The Morgan fingerprint density at radius 1 is 1.16 bits per heavy atom. The Balaban J connectivity index is -0.000000448. The van der Waals surface area contributed by atoms with Crippen molar-refractivity contribution < 1.29 is 44.1 Å². The van der Waals surface area contributed by atoms with Crippen LogP contribution in [0.4, 0.5) is 0 Å². The molecule has 0 aromatic heterocycles. The van der Waals surface area contributed by atoms with E-state index in [1.165, 1.54) is 0 Å². The van der Waals surface area contributed by atoms with E-state index in [2.05, 4.69) is 0 Å². The Morgan fingerprint density at radius 3 is 1.58 bits per heavy atom. The molecule has 0 amide bonds. The van der Waals surface area contributed by atoms with Gasteiger partial charge in [-0.25, -0.2) is 0 Å². The Morgan fingerprint density at radius 2 is 1.42 bits per heavy atom. The monoisotopic (exact) mass is 336 g/mol. The molecule has 0 saturated heterocycles. The zero-order valence-electron chi connectivity index (χ0n) is 8.86. The predicted octanol–water partition coefficient (Wildman–Crippen LogP) is -2.27. The fourth-order valence-corrected chi connectivity index (χ4v) is 3.06. The standard InChI is InChI=1S/C4H13NO7P2.HNO3.Na.H/c5-3-1-2-4(6,13(7,8)9)14(10,11)12;2-1(3)4;;/h6H,1-3,5H2,(H2,7,8,9)(H2,10,11,12);(H,2,3,4);;. The van der Waals surface area contributed by atoms with Crippen molar-refractivity contribution in [3.63, 3.8) is 0 Å². The average Bonchev–Trinajstić information content (AvgIpc) is 2.09. The number of nitrogens with zero attached hydrogens (tertiary/aromatic N) is 1. The average molecular weight is 336 g/mol. The van der Waals surface area contributed by atoms with Gasteiger partial charge in [0.1, 0.15) is 0 Å². The molecule has 0 fully saturated rings. The fraction of sp³-hybridized carbons (Fsp3) is 1.00. The molecule has 19 heavy (non-hydrogen) atoms. The first-order valence-electron chi connectivity index (χ1n) is 4.16. The first-order valence-corrected chi connectivity index (χ1v) is 7.39. The summed E-state index contributed by atoms with van der Waals surface area (Å²) in [7, 11) is -10.6. The van der Waals surface area contributed by atoms with Crippen LogP contribution in [0.5, 0.6) is 0 Å². The van der Waals surface area contributed by atoms with Crippen molar-refractivity contribution >= 4 is 44.7 Å². The van der Waals surface area contributed by atoms with Crippen LogP contribution in [-0.2, 0) is 9.13 Å². The van der Waals surface area contributed by atoms with Crippen LogP contribution in [-0.4, -0.2) is 76.2 Å². The van der Waals surface area contributed by atoms with Gasteiger partial charge in [-0.2, -0.15) is 0 Å². The number of rotatable bonds is 5. The van der Waals surface area contributed by atoms with Gasteiger partial charge in [0.05, 0.1) is 0 Å². The van der Waals surface area contributed by atoms with Crippen LogP contribution in [0, 0.1) is 10.1 Å². The van der Waals surface area contributed by atoms with Crippen LogP contribution in [0.25, 0.3) is 0 Å². The van der Waals surface area contributed by atoms with Gasteiger partial charge in [-0.15, -0.1) is 10.1 Å². The molecule has 0 bridgehead atoms. The van der Waals surface area contributed by atoms with Gasteiger partial charge >= 0.3 is 44.7 Å². The number of aliphatic hydroxyl groups is 1. The van der Waals surface area contributed by atoms with Crippen molar-refractivity contribution in [2.75, 3.05) is 6.54 Å². The predicted molar refractivity (Wildman–Crippen MR) is 63.3 cm³/mol. The maximum absolute atomic E-state index is 10.7. The second kappa shape index (κ2) is 9.37. The topological polar surface area (TPSA) is 225 Å². The summed E-state index contributed by atoms with van der Waals surface area (Å²) < 4.78 is 21.4. The molecule has 15 heteroatoms. The van der Waals surface area contributed by atoms with E-state index in [4.69, 9.17) is 40.6 Å². The molecule has 0 unspecified atom stereocenters. The molecule has 0 atom stereocenters. The Bertz CT molecular complexity index is 339. The summed E-state index contributed by atoms with van der Waals surface area (Å²) in [6.45, 7) is -0.0394. The summed E-state index contributed by atoms with van der Waals surface area (Å²) >= 11 is 0. The van der Waals surface area contributed by atoms with Gasteiger partial charge in [-0.05, 0) is 13.0 Å². The SMILES string of the molecule is NCCCC(O)(P(=O)(O)O)P(=O)(O)O.O=[N+]([O-])O.[NaH]. The summed E-state index contributed by atoms with van der Waals surface area (Å²) in [6.07, 6.45) is -0.856. The number of nitrogens with two attached hydrogens (primary N) is 1. The van der Waals surface area contributed by atoms with Crippen LogP contribution in [0.15, 0.2) is 0 Å². The molecule has 0 heterocycles. The molecular formula is C4H15N2NaO10P2. The molecular weight excluding hydrogens is 321 g/mol. The van der Waals surface area contributed by atoms with E-state index >= 15 is 0 Å². The van der Waals surface area contributed by atoms with E-state index in [9.17, 15) is 14.2 Å². The number of hydrogen-bond donors (Lipinski definition) is 7. The van der Waals surface area contributed by atoms with Crippen molar-refractivity contribution in [2.45, 2.75) is 17.9 Å². The molecule has 8 N–H and O–H groups in total. The van der Waals surface area contributed by atoms with Gasteiger partial charge in [0.25, 0.3) is 10.2 Å². The Labute approximate surface area is 129 Å². The molecule has 0 aliphatic carbocycles. The molecule has 0 rings (SSSR count). The van der Waals surface area contributed by atoms with Gasteiger partial charge in [0.2, 0.25) is 0 Å². The van der Waals surface area contributed by atoms with Crippen LogP contribution in [0.1, 0.15) is 12.8 Å². The summed E-state index contributed by atoms with van der Waals surface area (Å²) in [5.41, 5.74) is 5.01. The van der Waals surface area contributed by atoms with Crippen molar-refractivity contribution in [2.24, 2.45) is 5.73 Å². The molecule has 0 aromatic rings. The third-order valence-corrected chi connectivity index (χ3v) is 5.53. The quantitative estimate of drug-likeness (QED) is 0.122. The molecule has 112 valence electrons. The van der Waals surface area contributed by atoms with E-state index in [1.807, 2.05) is 0 Å². The van der Waals surface area contributed by atoms with Crippen molar-refractivity contribution in [3.05, 3.63) is 10.1 Å². The zero-order chi connectivity index (χ0) is 15.2. The van der Waals surface area contributed by atoms with Gasteiger partial charge in [0.15, 0.2) is 0 Å². The first kappa shape index (κ1) is 24.4. The van der Waals surface area contributed by atoms with Crippen LogP contribution >= 0.6 is 15.2 Å². The first-order chi connectivity index (χ1) is 7.79. The van der Waals surface area contributed by atoms with Crippen LogP contribution in [0.3, 0.4) is 0 Å². The van der Waals surface area contributed by atoms with Gasteiger partial charge < -0.3 is 35.6 Å². The Hall–Kier alpha value is 0.420. The minimum absolute atomic E-state index is 0.